The fourth-order valence-electron chi connectivity index (χ4n) is 2.48. The average Bonchev–Trinajstić information content (AvgIpc) is 2.82. The number of hydrogen-bond acceptors (Lipinski definition) is 4. The number of nitrogens with zero attached hydrogens (tertiary/aromatic N) is 2. The fraction of sp³-hybridized carbons (Fsp3) is 0.429. The molecule has 1 aliphatic heterocycles. The molecule has 0 bridgehead atoms. The lowest BCUT2D eigenvalue weighted by Crippen LogP contribution is -2.51. The number of fused-ring (bicyclic) bond motifs is 1. The summed E-state index contributed by atoms with van der Waals surface area (Å²) in [6.45, 7) is 4.46. The summed E-state index contributed by atoms with van der Waals surface area (Å²) >= 11 is 0. The Labute approximate surface area is 123 Å². The number of hydrogen-bond donors (Lipinski definition) is 1. The molecule has 1 aliphatic rings. The molecule has 1 unspecified atom stereocenters. The van der Waals surface area contributed by atoms with Crippen LogP contribution in [-0.4, -0.2) is 41.6 Å². The van der Waals surface area contributed by atoms with Gasteiger partial charge in [0.05, 0.1) is 6.42 Å². The summed E-state index contributed by atoms with van der Waals surface area (Å²) in [6.07, 6.45) is 0.309. The van der Waals surface area contributed by atoms with Crippen LogP contribution in [0.25, 0.3) is 11.0 Å². The Balaban J connectivity index is 0.00000147. The predicted octanol–water partition coefficient (Wildman–Crippen LogP) is 1.61. The number of aromatic nitrogens is 1. The summed E-state index contributed by atoms with van der Waals surface area (Å²) in [5.74, 6) is 0.118. The molecule has 1 amide bonds. The highest BCUT2D eigenvalue weighted by molar-refractivity contribution is 5.86. The summed E-state index contributed by atoms with van der Waals surface area (Å²) in [5.41, 5.74) is 1.46. The lowest BCUT2D eigenvalue weighted by atomic mass is 10.1. The van der Waals surface area contributed by atoms with E-state index < -0.39 is 0 Å². The number of nitrogens with one attached hydrogen (secondary N) is 1. The molecule has 0 spiro atoms. The van der Waals surface area contributed by atoms with Crippen molar-refractivity contribution < 1.29 is 9.32 Å². The first kappa shape index (κ1) is 14.8. The summed E-state index contributed by atoms with van der Waals surface area (Å²) in [6, 6.07) is 7.99. The summed E-state index contributed by atoms with van der Waals surface area (Å²) < 4.78 is 5.23. The van der Waals surface area contributed by atoms with E-state index in [1.807, 2.05) is 29.2 Å². The molecule has 1 aromatic carbocycles. The highest BCUT2D eigenvalue weighted by atomic mass is 35.5. The van der Waals surface area contributed by atoms with E-state index in [1.54, 1.807) is 0 Å². The van der Waals surface area contributed by atoms with E-state index in [1.165, 1.54) is 0 Å². The van der Waals surface area contributed by atoms with Crippen molar-refractivity contribution in [3.63, 3.8) is 0 Å². The molecule has 20 heavy (non-hydrogen) atoms. The first-order valence-electron chi connectivity index (χ1n) is 6.58. The van der Waals surface area contributed by atoms with E-state index in [0.29, 0.717) is 12.5 Å². The molecule has 1 N–H and O–H groups in total. The molecule has 108 valence electrons. The van der Waals surface area contributed by atoms with Crippen molar-refractivity contribution >= 4 is 29.3 Å². The Morgan fingerprint density at radius 2 is 2.30 bits per heavy atom. The van der Waals surface area contributed by atoms with Gasteiger partial charge in [-0.25, -0.2) is 0 Å². The van der Waals surface area contributed by atoms with Crippen LogP contribution in [0.15, 0.2) is 28.8 Å². The van der Waals surface area contributed by atoms with Crippen molar-refractivity contribution in [2.75, 3.05) is 19.6 Å². The van der Waals surface area contributed by atoms with Crippen LogP contribution in [0.2, 0.25) is 0 Å². The zero-order valence-corrected chi connectivity index (χ0v) is 12.2. The molecular formula is C14H18ClN3O2. The topological polar surface area (TPSA) is 58.4 Å². The lowest BCUT2D eigenvalue weighted by molar-refractivity contribution is -0.131. The van der Waals surface area contributed by atoms with Crippen LogP contribution in [-0.2, 0) is 11.2 Å². The van der Waals surface area contributed by atoms with Gasteiger partial charge >= 0.3 is 0 Å². The minimum atomic E-state index is 0. The first-order valence-corrected chi connectivity index (χ1v) is 6.58. The van der Waals surface area contributed by atoms with Crippen LogP contribution >= 0.6 is 12.4 Å². The third-order valence-electron chi connectivity index (χ3n) is 3.49. The van der Waals surface area contributed by atoms with Crippen molar-refractivity contribution in [2.24, 2.45) is 0 Å². The molecule has 1 saturated heterocycles. The van der Waals surface area contributed by atoms with Gasteiger partial charge in [0.2, 0.25) is 5.91 Å². The van der Waals surface area contributed by atoms with E-state index in [4.69, 9.17) is 4.52 Å². The van der Waals surface area contributed by atoms with E-state index >= 15 is 0 Å². The van der Waals surface area contributed by atoms with Gasteiger partial charge in [-0.3, -0.25) is 4.79 Å². The maximum absolute atomic E-state index is 12.3. The highest BCUT2D eigenvalue weighted by Gasteiger charge is 2.22. The van der Waals surface area contributed by atoms with Gasteiger partial charge in [-0.15, -0.1) is 12.4 Å². The molecule has 1 atom stereocenters. The van der Waals surface area contributed by atoms with E-state index in [2.05, 4.69) is 17.4 Å². The van der Waals surface area contributed by atoms with Crippen molar-refractivity contribution in [1.29, 1.82) is 0 Å². The minimum absolute atomic E-state index is 0. The van der Waals surface area contributed by atoms with Gasteiger partial charge in [0.15, 0.2) is 5.58 Å². The average molecular weight is 296 g/mol. The van der Waals surface area contributed by atoms with Gasteiger partial charge in [-0.05, 0) is 19.1 Å². The highest BCUT2D eigenvalue weighted by Crippen LogP contribution is 2.18. The predicted molar refractivity (Wildman–Crippen MR) is 79.0 cm³/mol. The Kier molecular flexibility index (Phi) is 4.62. The van der Waals surface area contributed by atoms with Gasteiger partial charge in [-0.2, -0.15) is 0 Å². The summed E-state index contributed by atoms with van der Waals surface area (Å²) in [4.78, 5) is 14.2. The van der Waals surface area contributed by atoms with Crippen LogP contribution in [0.3, 0.4) is 0 Å². The smallest absolute Gasteiger partial charge is 0.228 e. The molecule has 6 heteroatoms. The molecule has 0 radical (unpaired) electrons. The third kappa shape index (κ3) is 2.94. The summed E-state index contributed by atoms with van der Waals surface area (Å²) in [7, 11) is 0. The van der Waals surface area contributed by atoms with Crippen LogP contribution in [0.4, 0.5) is 0 Å². The lowest BCUT2D eigenvalue weighted by Gasteiger charge is -2.31. The molecule has 1 fully saturated rings. The van der Waals surface area contributed by atoms with Crippen LogP contribution < -0.4 is 5.32 Å². The molecule has 3 rings (SSSR count). The minimum Gasteiger partial charge on any atom is -0.356 e. The Morgan fingerprint density at radius 3 is 3.10 bits per heavy atom. The molecule has 0 saturated carbocycles. The molecule has 2 aromatic rings. The van der Waals surface area contributed by atoms with Crippen LogP contribution in [0, 0.1) is 0 Å². The van der Waals surface area contributed by atoms with Gasteiger partial charge < -0.3 is 14.7 Å². The second-order valence-electron chi connectivity index (χ2n) is 5.00. The maximum atomic E-state index is 12.3. The van der Waals surface area contributed by atoms with Crippen molar-refractivity contribution in [3.05, 3.63) is 30.0 Å². The quantitative estimate of drug-likeness (QED) is 0.914. The second kappa shape index (κ2) is 6.24. The maximum Gasteiger partial charge on any atom is 0.228 e. The van der Waals surface area contributed by atoms with Crippen molar-refractivity contribution in [1.82, 2.24) is 15.4 Å². The molecule has 5 nitrogen and oxygen atoms in total. The SMILES string of the molecule is CC1CN(C(=O)Cc2noc3ccccc23)CCN1.Cl. The number of halogens is 1. The Morgan fingerprint density at radius 1 is 1.50 bits per heavy atom. The molecule has 1 aromatic heterocycles. The van der Waals surface area contributed by atoms with Crippen LogP contribution in [0.5, 0.6) is 0 Å². The number of carbonyl (C=O) groups is 1. The number of piperazine rings is 1. The number of para-hydroxylation sites is 1. The van der Waals surface area contributed by atoms with E-state index in [-0.39, 0.29) is 18.3 Å². The zero-order valence-electron chi connectivity index (χ0n) is 11.3. The van der Waals surface area contributed by atoms with E-state index in [0.717, 1.165) is 36.3 Å². The monoisotopic (exact) mass is 295 g/mol. The summed E-state index contributed by atoms with van der Waals surface area (Å²) in [5, 5.41) is 8.27. The van der Waals surface area contributed by atoms with Crippen molar-refractivity contribution in [3.8, 4) is 0 Å². The molecule has 2 heterocycles. The Bertz CT molecular complexity index is 599. The van der Waals surface area contributed by atoms with Gasteiger partial charge in [0.25, 0.3) is 0 Å². The number of benzene rings is 1. The van der Waals surface area contributed by atoms with Crippen molar-refractivity contribution in [2.45, 2.75) is 19.4 Å². The number of rotatable bonds is 2. The van der Waals surface area contributed by atoms with Gasteiger partial charge in [-0.1, -0.05) is 17.3 Å². The van der Waals surface area contributed by atoms with Gasteiger partial charge in [0.1, 0.15) is 5.69 Å². The first-order chi connectivity index (χ1) is 9.24. The second-order valence-corrected chi connectivity index (χ2v) is 5.00. The Hall–Kier alpha value is -1.59. The normalized spacial score (nSPS) is 18.9. The third-order valence-corrected chi connectivity index (χ3v) is 3.49. The molecule has 0 aliphatic carbocycles. The zero-order chi connectivity index (χ0) is 13.2. The molecular weight excluding hydrogens is 278 g/mol. The number of carbonyl (C=O) groups excluding carboxylic acids is 1. The van der Waals surface area contributed by atoms with Crippen LogP contribution in [0.1, 0.15) is 12.6 Å². The fourth-order valence-corrected chi connectivity index (χ4v) is 2.48. The standard InChI is InChI=1S/C14H17N3O2.ClH/c1-10-9-17(7-6-15-10)14(18)8-12-11-4-2-3-5-13(11)19-16-12;/h2-5,10,15H,6-9H2,1H3;1H. The van der Waals surface area contributed by atoms with E-state index in [9.17, 15) is 4.79 Å². The largest absolute Gasteiger partial charge is 0.356 e. The van der Waals surface area contributed by atoms with Gasteiger partial charge in [0, 0.05) is 31.1 Å². The number of amides is 1.